The van der Waals surface area contributed by atoms with E-state index in [4.69, 9.17) is 14.2 Å². The lowest BCUT2D eigenvalue weighted by atomic mass is 10.0. The quantitative estimate of drug-likeness (QED) is 0.374. The van der Waals surface area contributed by atoms with E-state index in [2.05, 4.69) is 21.0 Å². The minimum atomic E-state index is 0.228. The van der Waals surface area contributed by atoms with E-state index >= 15 is 0 Å². The van der Waals surface area contributed by atoms with Crippen LogP contribution in [0.25, 0.3) is 38.8 Å². The third-order valence-corrected chi connectivity index (χ3v) is 6.24. The number of aryl methyl sites for hydroxylation is 2. The average molecular weight is 464 g/mol. The molecule has 0 saturated carbocycles. The zero-order chi connectivity index (χ0) is 24.1. The molecule has 0 radical (unpaired) electrons. The van der Waals surface area contributed by atoms with Gasteiger partial charge in [-0.05, 0) is 48.4 Å². The summed E-state index contributed by atoms with van der Waals surface area (Å²) < 4.78 is 20.1. The van der Waals surface area contributed by atoms with Gasteiger partial charge in [-0.1, -0.05) is 12.1 Å². The number of nitriles is 1. The van der Waals surface area contributed by atoms with Crippen LogP contribution in [0.4, 0.5) is 0 Å². The Kier molecular flexibility index (Phi) is 4.67. The van der Waals surface area contributed by atoms with E-state index in [1.165, 1.54) is 0 Å². The molecule has 0 saturated heterocycles. The second-order valence-corrected chi connectivity index (χ2v) is 8.16. The van der Waals surface area contributed by atoms with Gasteiger partial charge in [0.05, 0.1) is 41.2 Å². The van der Waals surface area contributed by atoms with Crippen LogP contribution in [0.15, 0.2) is 59.7 Å². The van der Waals surface area contributed by atoms with Crippen molar-refractivity contribution in [2.45, 2.75) is 6.92 Å². The Morgan fingerprint density at radius 3 is 2.66 bits per heavy atom. The van der Waals surface area contributed by atoms with Crippen LogP contribution < -0.4 is 19.8 Å². The van der Waals surface area contributed by atoms with Crippen molar-refractivity contribution >= 4 is 21.9 Å². The first-order valence-corrected chi connectivity index (χ1v) is 10.9. The number of pyridine rings is 2. The van der Waals surface area contributed by atoms with E-state index in [9.17, 15) is 5.26 Å². The third-order valence-electron chi connectivity index (χ3n) is 6.24. The van der Waals surface area contributed by atoms with Crippen LogP contribution in [-0.4, -0.2) is 33.0 Å². The van der Waals surface area contributed by atoms with Gasteiger partial charge >= 0.3 is 0 Å². The minimum Gasteiger partial charge on any atom is -0.481 e. The van der Waals surface area contributed by atoms with Crippen molar-refractivity contribution in [2.75, 3.05) is 13.9 Å². The van der Waals surface area contributed by atoms with Crippen molar-refractivity contribution in [2.24, 2.45) is 12.0 Å². The summed E-state index contributed by atoms with van der Waals surface area (Å²) in [6.45, 7) is 2.13. The first-order chi connectivity index (χ1) is 17.1. The highest BCUT2D eigenvalue weighted by atomic mass is 16.7. The fraction of sp³-hybridized carbons (Fsp3) is 0.154. The molecule has 4 heterocycles. The molecule has 9 heteroatoms. The second-order valence-electron chi connectivity index (χ2n) is 8.16. The maximum absolute atomic E-state index is 9.46. The highest BCUT2D eigenvalue weighted by molar-refractivity contribution is 6.04. The Morgan fingerprint density at radius 2 is 1.86 bits per heavy atom. The Hall–Kier alpha value is -4.84. The number of methoxy groups -OCH3 is 1. The molecule has 2 aromatic carbocycles. The van der Waals surface area contributed by atoms with Crippen molar-refractivity contribution in [3.05, 3.63) is 66.0 Å². The van der Waals surface area contributed by atoms with Crippen LogP contribution >= 0.6 is 0 Å². The van der Waals surface area contributed by atoms with Crippen molar-refractivity contribution in [3.63, 3.8) is 0 Å². The highest BCUT2D eigenvalue weighted by Gasteiger charge is 2.19. The van der Waals surface area contributed by atoms with Gasteiger partial charge in [-0.2, -0.15) is 5.26 Å². The summed E-state index contributed by atoms with van der Waals surface area (Å²) >= 11 is 0. The Labute approximate surface area is 200 Å². The molecule has 1 aliphatic rings. The third kappa shape index (κ3) is 3.19. The summed E-state index contributed by atoms with van der Waals surface area (Å²) in [5, 5.41) is 10.4. The number of ether oxygens (including phenoxy) is 3. The van der Waals surface area contributed by atoms with Gasteiger partial charge in [0.15, 0.2) is 11.5 Å². The number of aromatic nitrogens is 4. The zero-order valence-electron chi connectivity index (χ0n) is 19.3. The van der Waals surface area contributed by atoms with E-state index in [0.29, 0.717) is 11.5 Å². The Balaban J connectivity index is 1.68. The summed E-state index contributed by atoms with van der Waals surface area (Å²) in [6, 6.07) is 15.7. The summed E-state index contributed by atoms with van der Waals surface area (Å²) in [7, 11) is 3.45. The Bertz CT molecular complexity index is 1760. The number of fused-ring (bicyclic) bond motifs is 4. The fourth-order valence-electron chi connectivity index (χ4n) is 4.54. The molecule has 0 fully saturated rings. The Morgan fingerprint density at radius 1 is 1.06 bits per heavy atom. The molecule has 9 nitrogen and oxygen atoms in total. The lowest BCUT2D eigenvalue weighted by Gasteiger charge is -2.11. The molecule has 5 aromatic rings. The molecule has 0 spiro atoms. The smallest absolute Gasteiger partial charge is 0.231 e. The van der Waals surface area contributed by atoms with E-state index in [0.717, 1.165) is 55.9 Å². The maximum atomic E-state index is 9.46. The molecular formula is C26H20N6O3. The number of imidazole rings is 1. The standard InChI is InChI=1S/C26H20N6O3/c1-15-20(7-9-24(30-15)33-3)32-25-18-10-16(17-5-8-22-23(11-17)35-14-34-22)4-6-19(18)28-12-21(25)31(2)26(32)29-13-27/h4-12H,14H2,1-3H3. The van der Waals surface area contributed by atoms with Crippen molar-refractivity contribution in [3.8, 4) is 40.4 Å². The van der Waals surface area contributed by atoms with Gasteiger partial charge in [0, 0.05) is 18.5 Å². The van der Waals surface area contributed by atoms with Crippen molar-refractivity contribution < 1.29 is 14.2 Å². The largest absolute Gasteiger partial charge is 0.481 e. The number of nitrogens with zero attached hydrogens (tertiary/aromatic N) is 6. The SMILES string of the molecule is COc1ccc(-n2c(=NC#N)n(C)c3cnc4ccc(-c5ccc6c(c5)OCO6)cc4c32)c(C)n1. The summed E-state index contributed by atoms with van der Waals surface area (Å²) in [5.74, 6) is 1.98. The lowest BCUT2D eigenvalue weighted by Crippen LogP contribution is -2.23. The lowest BCUT2D eigenvalue weighted by molar-refractivity contribution is 0.174. The molecule has 3 aromatic heterocycles. The van der Waals surface area contributed by atoms with Crippen LogP contribution in [0.5, 0.6) is 17.4 Å². The normalized spacial score (nSPS) is 12.9. The first-order valence-electron chi connectivity index (χ1n) is 10.9. The minimum absolute atomic E-state index is 0.228. The number of benzene rings is 2. The highest BCUT2D eigenvalue weighted by Crippen LogP contribution is 2.37. The molecule has 0 amide bonds. The summed E-state index contributed by atoms with van der Waals surface area (Å²) in [6.07, 6.45) is 3.74. The van der Waals surface area contributed by atoms with Crippen molar-refractivity contribution in [1.82, 2.24) is 19.1 Å². The van der Waals surface area contributed by atoms with Crippen LogP contribution in [0.2, 0.25) is 0 Å². The van der Waals surface area contributed by atoms with Gasteiger partial charge in [-0.15, -0.1) is 4.99 Å². The maximum Gasteiger partial charge on any atom is 0.231 e. The van der Waals surface area contributed by atoms with Gasteiger partial charge in [0.2, 0.25) is 24.5 Å². The van der Waals surface area contributed by atoms with Gasteiger partial charge in [0.25, 0.3) is 0 Å². The molecule has 1 aliphatic heterocycles. The number of rotatable bonds is 3. The van der Waals surface area contributed by atoms with E-state index in [-0.39, 0.29) is 6.79 Å². The molecule has 0 N–H and O–H groups in total. The van der Waals surface area contributed by atoms with Crippen LogP contribution in [0.1, 0.15) is 5.69 Å². The molecule has 0 atom stereocenters. The van der Waals surface area contributed by atoms with E-state index in [1.807, 2.05) is 65.7 Å². The first kappa shape index (κ1) is 20.7. The molecule has 172 valence electrons. The molecule has 35 heavy (non-hydrogen) atoms. The number of hydrogen-bond donors (Lipinski definition) is 0. The van der Waals surface area contributed by atoms with E-state index in [1.54, 1.807) is 19.4 Å². The summed E-state index contributed by atoms with van der Waals surface area (Å²) in [4.78, 5) is 13.4. The predicted octanol–water partition coefficient (Wildman–Crippen LogP) is 4.01. The topological polar surface area (TPSA) is 99.5 Å². The van der Waals surface area contributed by atoms with Crippen molar-refractivity contribution in [1.29, 1.82) is 5.26 Å². The molecular weight excluding hydrogens is 444 g/mol. The summed E-state index contributed by atoms with van der Waals surface area (Å²) in [5.41, 5.74) is 6.56. The monoisotopic (exact) mass is 464 g/mol. The van der Waals surface area contributed by atoms with Crippen LogP contribution in [-0.2, 0) is 7.05 Å². The van der Waals surface area contributed by atoms with Gasteiger partial charge < -0.3 is 18.8 Å². The van der Waals surface area contributed by atoms with Gasteiger partial charge in [0.1, 0.15) is 0 Å². The molecule has 0 aliphatic carbocycles. The van der Waals surface area contributed by atoms with Gasteiger partial charge in [-0.25, -0.2) is 4.98 Å². The van der Waals surface area contributed by atoms with Crippen LogP contribution in [0.3, 0.4) is 0 Å². The molecule has 0 bridgehead atoms. The molecule has 0 unspecified atom stereocenters. The molecule has 6 rings (SSSR count). The van der Waals surface area contributed by atoms with Crippen LogP contribution in [0, 0.1) is 18.4 Å². The predicted molar refractivity (Wildman–Crippen MR) is 129 cm³/mol. The van der Waals surface area contributed by atoms with E-state index < -0.39 is 0 Å². The zero-order valence-corrected chi connectivity index (χ0v) is 19.3. The average Bonchev–Trinajstić information content (AvgIpc) is 3.46. The fourth-order valence-corrected chi connectivity index (χ4v) is 4.54. The van der Waals surface area contributed by atoms with Gasteiger partial charge in [-0.3, -0.25) is 9.55 Å². The number of hydrogen-bond acceptors (Lipinski definition) is 7. The second kappa shape index (κ2) is 7.88.